The quantitative estimate of drug-likeness (QED) is 0.618. The second-order valence-electron chi connectivity index (χ2n) is 5.25. The highest BCUT2D eigenvalue weighted by Crippen LogP contribution is 2.16. The molecule has 1 aromatic carbocycles. The summed E-state index contributed by atoms with van der Waals surface area (Å²) in [6, 6.07) is 11.1. The molecule has 1 aromatic heterocycles. The first-order valence-electron chi connectivity index (χ1n) is 7.79. The predicted molar refractivity (Wildman–Crippen MR) is 96.7 cm³/mol. The van der Waals surface area contributed by atoms with Gasteiger partial charge < -0.3 is 0 Å². The van der Waals surface area contributed by atoms with Crippen molar-refractivity contribution in [2.24, 2.45) is 5.10 Å². The van der Waals surface area contributed by atoms with Crippen LogP contribution in [0.15, 0.2) is 52.6 Å². The molecular weight excluding hydrogens is 324 g/mol. The summed E-state index contributed by atoms with van der Waals surface area (Å²) in [4.78, 5) is 4.29. The molecule has 6 nitrogen and oxygen atoms in total. The molecule has 0 amide bonds. The third-order valence-corrected chi connectivity index (χ3v) is 5.58. The van der Waals surface area contributed by atoms with Gasteiger partial charge in [0.15, 0.2) is 0 Å². The van der Waals surface area contributed by atoms with Crippen LogP contribution in [0.1, 0.15) is 25.0 Å². The van der Waals surface area contributed by atoms with E-state index in [0.29, 0.717) is 18.9 Å². The number of nitrogens with one attached hydrogen (secondary N) is 1. The van der Waals surface area contributed by atoms with Crippen LogP contribution in [0.3, 0.4) is 0 Å². The summed E-state index contributed by atoms with van der Waals surface area (Å²) in [7, 11) is -3.48. The maximum Gasteiger partial charge on any atom is 0.244 e. The molecule has 0 saturated carbocycles. The van der Waals surface area contributed by atoms with Gasteiger partial charge in [0.25, 0.3) is 0 Å². The Morgan fingerprint density at radius 3 is 2.33 bits per heavy atom. The smallest absolute Gasteiger partial charge is 0.244 e. The van der Waals surface area contributed by atoms with Gasteiger partial charge in [-0.3, -0.25) is 5.43 Å². The summed E-state index contributed by atoms with van der Waals surface area (Å²) in [5, 5.41) is 4.10. The van der Waals surface area contributed by atoms with Crippen LogP contribution in [-0.2, 0) is 10.0 Å². The minimum absolute atomic E-state index is 0.180. The topological polar surface area (TPSA) is 74.7 Å². The second-order valence-corrected chi connectivity index (χ2v) is 7.19. The van der Waals surface area contributed by atoms with Gasteiger partial charge in [0, 0.05) is 19.3 Å². The molecule has 0 aliphatic heterocycles. The molecule has 24 heavy (non-hydrogen) atoms. The van der Waals surface area contributed by atoms with E-state index in [-0.39, 0.29) is 4.90 Å². The van der Waals surface area contributed by atoms with Gasteiger partial charge in [-0.1, -0.05) is 43.7 Å². The van der Waals surface area contributed by atoms with Crippen molar-refractivity contribution in [1.82, 2.24) is 9.29 Å². The van der Waals surface area contributed by atoms with Crippen molar-refractivity contribution >= 4 is 22.1 Å². The first-order chi connectivity index (χ1) is 11.5. The predicted octanol–water partition coefficient (Wildman–Crippen LogP) is 2.87. The Balaban J connectivity index is 2.05. The molecule has 1 heterocycles. The standard InChI is InChI=1S/C17H22N4O2S/c1-4-21(5-2)24(22,23)16-10-11-17(18-13-16)20-19-12-15-8-6-14(3)7-9-15/h6-13H,4-5H2,1-3H3,(H,18,20)/b19-12-. The number of nitrogens with zero attached hydrogens (tertiary/aromatic N) is 3. The number of hydrazone groups is 1. The number of anilines is 1. The van der Waals surface area contributed by atoms with Crippen LogP contribution in [0.5, 0.6) is 0 Å². The van der Waals surface area contributed by atoms with Crippen molar-refractivity contribution in [2.45, 2.75) is 25.7 Å². The first-order valence-corrected chi connectivity index (χ1v) is 9.23. The number of aromatic nitrogens is 1. The van der Waals surface area contributed by atoms with Crippen LogP contribution < -0.4 is 5.43 Å². The highest BCUT2D eigenvalue weighted by molar-refractivity contribution is 7.89. The Labute approximate surface area is 143 Å². The Kier molecular flexibility index (Phi) is 6.05. The van der Waals surface area contributed by atoms with Gasteiger partial charge in [-0.05, 0) is 24.6 Å². The molecule has 0 unspecified atom stereocenters. The Hall–Kier alpha value is -2.25. The lowest BCUT2D eigenvalue weighted by Gasteiger charge is -2.18. The molecule has 0 fully saturated rings. The Morgan fingerprint density at radius 1 is 1.12 bits per heavy atom. The minimum atomic E-state index is -3.48. The zero-order valence-electron chi connectivity index (χ0n) is 14.1. The number of hydrogen-bond acceptors (Lipinski definition) is 5. The molecule has 128 valence electrons. The summed E-state index contributed by atoms with van der Waals surface area (Å²) in [5.74, 6) is 0.483. The zero-order valence-corrected chi connectivity index (χ0v) is 14.9. The summed E-state index contributed by atoms with van der Waals surface area (Å²) in [6.07, 6.45) is 3.03. The molecule has 2 aromatic rings. The highest BCUT2D eigenvalue weighted by Gasteiger charge is 2.21. The molecule has 0 radical (unpaired) electrons. The third-order valence-electron chi connectivity index (χ3n) is 3.55. The van der Waals surface area contributed by atoms with E-state index in [4.69, 9.17) is 0 Å². The second kappa shape index (κ2) is 8.03. The fraction of sp³-hybridized carbons (Fsp3) is 0.294. The molecule has 0 atom stereocenters. The monoisotopic (exact) mass is 346 g/mol. The van der Waals surface area contributed by atoms with Gasteiger partial charge in [0.05, 0.1) is 6.21 Å². The fourth-order valence-electron chi connectivity index (χ4n) is 2.14. The van der Waals surface area contributed by atoms with Crippen molar-refractivity contribution in [3.8, 4) is 0 Å². The Bertz CT molecular complexity index is 780. The Morgan fingerprint density at radius 2 is 1.79 bits per heavy atom. The van der Waals surface area contributed by atoms with E-state index in [2.05, 4.69) is 15.5 Å². The summed E-state index contributed by atoms with van der Waals surface area (Å²) in [6.45, 7) is 6.50. The van der Waals surface area contributed by atoms with E-state index >= 15 is 0 Å². The zero-order chi connectivity index (χ0) is 17.6. The fourth-order valence-corrected chi connectivity index (χ4v) is 3.54. The van der Waals surface area contributed by atoms with Gasteiger partial charge >= 0.3 is 0 Å². The number of hydrogen-bond donors (Lipinski definition) is 1. The van der Waals surface area contributed by atoms with E-state index in [1.807, 2.05) is 45.0 Å². The highest BCUT2D eigenvalue weighted by atomic mass is 32.2. The van der Waals surface area contributed by atoms with Crippen LogP contribution in [0.4, 0.5) is 5.82 Å². The molecule has 1 N–H and O–H groups in total. The molecule has 0 aliphatic rings. The lowest BCUT2D eigenvalue weighted by molar-refractivity contribution is 0.445. The first kappa shape index (κ1) is 18.1. The van der Waals surface area contributed by atoms with Crippen molar-refractivity contribution in [1.29, 1.82) is 0 Å². The average molecular weight is 346 g/mol. The molecule has 7 heteroatoms. The van der Waals surface area contributed by atoms with Gasteiger partial charge in [-0.25, -0.2) is 13.4 Å². The lowest BCUT2D eigenvalue weighted by atomic mass is 10.2. The third kappa shape index (κ3) is 4.39. The number of benzene rings is 1. The van der Waals surface area contributed by atoms with Crippen LogP contribution in [0.25, 0.3) is 0 Å². The van der Waals surface area contributed by atoms with Crippen molar-refractivity contribution < 1.29 is 8.42 Å². The van der Waals surface area contributed by atoms with E-state index in [1.54, 1.807) is 12.3 Å². The maximum absolute atomic E-state index is 12.4. The molecule has 0 aliphatic carbocycles. The molecule has 2 rings (SSSR count). The summed E-state index contributed by atoms with van der Waals surface area (Å²) < 4.78 is 26.1. The molecule has 0 saturated heterocycles. The van der Waals surface area contributed by atoms with Gasteiger partial charge in [0.2, 0.25) is 10.0 Å². The van der Waals surface area contributed by atoms with Crippen molar-refractivity contribution in [2.75, 3.05) is 18.5 Å². The van der Waals surface area contributed by atoms with Gasteiger partial charge in [0.1, 0.15) is 10.7 Å². The SMILES string of the molecule is CCN(CC)S(=O)(=O)c1ccc(N/N=C\c2ccc(C)cc2)nc1. The minimum Gasteiger partial charge on any atom is -0.261 e. The van der Waals surface area contributed by atoms with Crippen LogP contribution >= 0.6 is 0 Å². The van der Waals surface area contributed by atoms with Crippen LogP contribution in [0, 0.1) is 6.92 Å². The van der Waals surface area contributed by atoms with Crippen molar-refractivity contribution in [3.05, 3.63) is 53.7 Å². The largest absolute Gasteiger partial charge is 0.261 e. The number of sulfonamides is 1. The summed E-state index contributed by atoms with van der Waals surface area (Å²) in [5.41, 5.74) is 4.95. The normalized spacial score (nSPS) is 12.0. The van der Waals surface area contributed by atoms with Crippen molar-refractivity contribution in [3.63, 3.8) is 0 Å². The average Bonchev–Trinajstić information content (AvgIpc) is 2.58. The van der Waals surface area contributed by atoms with Crippen LogP contribution in [0.2, 0.25) is 0 Å². The van der Waals surface area contributed by atoms with Gasteiger partial charge in [-0.2, -0.15) is 9.41 Å². The number of rotatable bonds is 7. The lowest BCUT2D eigenvalue weighted by Crippen LogP contribution is -2.30. The van der Waals surface area contributed by atoms with E-state index in [1.165, 1.54) is 22.1 Å². The number of aryl methyl sites for hydroxylation is 1. The number of pyridine rings is 1. The van der Waals surface area contributed by atoms with Gasteiger partial charge in [-0.15, -0.1) is 0 Å². The van der Waals surface area contributed by atoms with E-state index in [0.717, 1.165) is 5.56 Å². The maximum atomic E-state index is 12.4. The van der Waals surface area contributed by atoms with Crippen LogP contribution in [-0.4, -0.2) is 37.0 Å². The molecular formula is C17H22N4O2S. The van der Waals surface area contributed by atoms with E-state index in [9.17, 15) is 8.42 Å². The molecule has 0 bridgehead atoms. The van der Waals surface area contributed by atoms with E-state index < -0.39 is 10.0 Å². The summed E-state index contributed by atoms with van der Waals surface area (Å²) >= 11 is 0. The molecule has 0 spiro atoms.